The van der Waals surface area contributed by atoms with Crippen LogP contribution in [0.2, 0.25) is 0 Å². The summed E-state index contributed by atoms with van der Waals surface area (Å²) >= 11 is 0. The first-order valence-corrected chi connectivity index (χ1v) is 9.06. The molecule has 0 spiro atoms. The van der Waals surface area contributed by atoms with E-state index in [0.29, 0.717) is 31.0 Å². The summed E-state index contributed by atoms with van der Waals surface area (Å²) in [5, 5.41) is 0. The van der Waals surface area contributed by atoms with Crippen molar-refractivity contribution >= 4 is 23.3 Å². The largest absolute Gasteiger partial charge is 0.342 e. The third kappa shape index (κ3) is 3.18. The number of hydrogen-bond acceptors (Lipinski definition) is 4. The molecule has 1 aromatic carbocycles. The maximum Gasteiger partial charge on any atom is 0.300 e. The predicted molar refractivity (Wildman–Crippen MR) is 95.4 cm³/mol. The van der Waals surface area contributed by atoms with Gasteiger partial charge in [-0.2, -0.15) is 0 Å². The highest BCUT2D eigenvalue weighted by atomic mass is 16.2. The third-order valence-electron chi connectivity index (χ3n) is 5.18. The Morgan fingerprint density at radius 3 is 2.60 bits per heavy atom. The molecular formula is C19H25N3O3. The van der Waals surface area contributed by atoms with Crippen molar-refractivity contribution in [1.82, 2.24) is 9.80 Å². The molecule has 6 nitrogen and oxygen atoms in total. The molecule has 3 rings (SSSR count). The number of ketones is 1. The Morgan fingerprint density at radius 2 is 1.88 bits per heavy atom. The quantitative estimate of drug-likeness (QED) is 0.766. The van der Waals surface area contributed by atoms with Gasteiger partial charge in [0.25, 0.3) is 5.78 Å². The van der Waals surface area contributed by atoms with Crippen molar-refractivity contribution in [3.63, 3.8) is 0 Å². The van der Waals surface area contributed by atoms with Crippen LogP contribution in [0.25, 0.3) is 0 Å². The Balaban J connectivity index is 1.82. The second kappa shape index (κ2) is 7.35. The van der Waals surface area contributed by atoms with E-state index in [2.05, 4.69) is 4.90 Å². The number of rotatable bonds is 5. The van der Waals surface area contributed by atoms with E-state index in [9.17, 15) is 14.4 Å². The minimum Gasteiger partial charge on any atom is -0.342 e. The molecule has 25 heavy (non-hydrogen) atoms. The van der Waals surface area contributed by atoms with Gasteiger partial charge in [0.15, 0.2) is 0 Å². The average molecular weight is 343 g/mol. The third-order valence-corrected chi connectivity index (χ3v) is 5.18. The van der Waals surface area contributed by atoms with Gasteiger partial charge in [0.2, 0.25) is 5.91 Å². The average Bonchev–Trinajstić information content (AvgIpc) is 2.88. The fraction of sp³-hybridized carbons (Fsp3) is 0.526. The summed E-state index contributed by atoms with van der Waals surface area (Å²) in [7, 11) is 0. The van der Waals surface area contributed by atoms with Crippen LogP contribution in [-0.2, 0) is 9.59 Å². The smallest absolute Gasteiger partial charge is 0.300 e. The summed E-state index contributed by atoms with van der Waals surface area (Å²) < 4.78 is 0. The molecule has 1 fully saturated rings. The SMILES string of the molecule is CCN(CC)C(=O)C1CCCCN1CN1C(=O)C(=O)c2ccccc21. The molecule has 1 saturated heterocycles. The summed E-state index contributed by atoms with van der Waals surface area (Å²) in [6.07, 6.45) is 2.81. The molecule has 0 bridgehead atoms. The van der Waals surface area contributed by atoms with Crippen LogP contribution in [-0.4, -0.2) is 59.7 Å². The molecule has 0 aromatic heterocycles. The number of benzene rings is 1. The van der Waals surface area contributed by atoms with Gasteiger partial charge in [0.05, 0.1) is 24.0 Å². The molecule has 1 unspecified atom stereocenters. The maximum absolute atomic E-state index is 12.8. The van der Waals surface area contributed by atoms with E-state index in [1.54, 1.807) is 18.2 Å². The highest BCUT2D eigenvalue weighted by Gasteiger charge is 2.39. The Labute approximate surface area is 148 Å². The zero-order chi connectivity index (χ0) is 18.0. The van der Waals surface area contributed by atoms with Gasteiger partial charge in [-0.05, 0) is 38.8 Å². The van der Waals surface area contributed by atoms with Gasteiger partial charge in [0, 0.05) is 19.6 Å². The monoisotopic (exact) mass is 343 g/mol. The molecule has 2 heterocycles. The van der Waals surface area contributed by atoms with Crippen molar-refractivity contribution in [2.75, 3.05) is 31.2 Å². The van der Waals surface area contributed by atoms with Gasteiger partial charge in [-0.1, -0.05) is 18.6 Å². The number of para-hydroxylation sites is 1. The number of carbonyl (C=O) groups is 3. The molecule has 1 aromatic rings. The number of piperidine rings is 1. The Kier molecular flexibility index (Phi) is 5.18. The van der Waals surface area contributed by atoms with Crippen LogP contribution in [0.15, 0.2) is 24.3 Å². The normalized spacial score (nSPS) is 20.7. The molecule has 0 radical (unpaired) electrons. The topological polar surface area (TPSA) is 60.9 Å². The van der Waals surface area contributed by atoms with E-state index < -0.39 is 11.7 Å². The van der Waals surface area contributed by atoms with E-state index in [4.69, 9.17) is 0 Å². The number of hydrogen-bond donors (Lipinski definition) is 0. The Hall–Kier alpha value is -2.21. The summed E-state index contributed by atoms with van der Waals surface area (Å²) in [5.74, 6) is -0.837. The van der Waals surface area contributed by atoms with Crippen LogP contribution in [0, 0.1) is 0 Å². The molecule has 1 atom stereocenters. The van der Waals surface area contributed by atoms with Gasteiger partial charge >= 0.3 is 5.91 Å². The maximum atomic E-state index is 12.8. The molecule has 0 N–H and O–H groups in total. The van der Waals surface area contributed by atoms with E-state index in [0.717, 1.165) is 25.8 Å². The Morgan fingerprint density at radius 1 is 1.16 bits per heavy atom. The van der Waals surface area contributed by atoms with Crippen molar-refractivity contribution in [3.05, 3.63) is 29.8 Å². The number of likely N-dealkylation sites (tertiary alicyclic amines) is 1. The minimum atomic E-state index is -0.499. The Bertz CT molecular complexity index is 684. The highest BCUT2D eigenvalue weighted by Crippen LogP contribution is 2.30. The molecular weight excluding hydrogens is 318 g/mol. The summed E-state index contributed by atoms with van der Waals surface area (Å²) in [4.78, 5) is 42.9. The van der Waals surface area contributed by atoms with E-state index in [-0.39, 0.29) is 11.9 Å². The molecule has 134 valence electrons. The first kappa shape index (κ1) is 17.6. The fourth-order valence-corrected chi connectivity index (χ4v) is 3.76. The van der Waals surface area contributed by atoms with Crippen molar-refractivity contribution in [1.29, 1.82) is 0 Å². The molecule has 6 heteroatoms. The minimum absolute atomic E-state index is 0.121. The number of amides is 2. The van der Waals surface area contributed by atoms with Gasteiger partial charge in [-0.15, -0.1) is 0 Å². The number of fused-ring (bicyclic) bond motifs is 1. The highest BCUT2D eigenvalue weighted by molar-refractivity contribution is 6.52. The van der Waals surface area contributed by atoms with Crippen LogP contribution in [0.1, 0.15) is 43.5 Å². The lowest BCUT2D eigenvalue weighted by atomic mass is 10.0. The predicted octanol–water partition coefficient (Wildman–Crippen LogP) is 1.90. The van der Waals surface area contributed by atoms with Crippen LogP contribution in [0.4, 0.5) is 5.69 Å². The fourth-order valence-electron chi connectivity index (χ4n) is 3.76. The lowest BCUT2D eigenvalue weighted by Crippen LogP contribution is -2.54. The molecule has 2 aliphatic heterocycles. The van der Waals surface area contributed by atoms with Crippen molar-refractivity contribution in [2.24, 2.45) is 0 Å². The summed E-state index contributed by atoms with van der Waals surface area (Å²) in [5.41, 5.74) is 1.10. The summed E-state index contributed by atoms with van der Waals surface area (Å²) in [6, 6.07) is 6.85. The van der Waals surface area contributed by atoms with Gasteiger partial charge < -0.3 is 4.90 Å². The number of nitrogens with zero attached hydrogens (tertiary/aromatic N) is 3. The van der Waals surface area contributed by atoms with Gasteiger partial charge in [0.1, 0.15) is 0 Å². The molecule has 0 aliphatic carbocycles. The van der Waals surface area contributed by atoms with E-state index in [1.807, 2.05) is 24.8 Å². The summed E-state index contributed by atoms with van der Waals surface area (Å²) in [6.45, 7) is 6.38. The molecule has 2 amide bonds. The molecule has 0 saturated carbocycles. The number of likely N-dealkylation sites (N-methyl/N-ethyl adjacent to an activating group) is 1. The molecule has 2 aliphatic rings. The lowest BCUT2D eigenvalue weighted by molar-refractivity contribution is -0.138. The van der Waals surface area contributed by atoms with Gasteiger partial charge in [-0.25, -0.2) is 0 Å². The second-order valence-electron chi connectivity index (χ2n) is 6.56. The van der Waals surface area contributed by atoms with E-state index >= 15 is 0 Å². The van der Waals surface area contributed by atoms with Gasteiger partial charge in [-0.3, -0.25) is 24.2 Å². The van der Waals surface area contributed by atoms with Crippen LogP contribution < -0.4 is 4.90 Å². The van der Waals surface area contributed by atoms with Crippen LogP contribution in [0.5, 0.6) is 0 Å². The van der Waals surface area contributed by atoms with Crippen LogP contribution in [0.3, 0.4) is 0 Å². The van der Waals surface area contributed by atoms with Crippen LogP contribution >= 0.6 is 0 Å². The number of anilines is 1. The van der Waals surface area contributed by atoms with E-state index in [1.165, 1.54) is 4.90 Å². The van der Waals surface area contributed by atoms with Crippen molar-refractivity contribution in [3.8, 4) is 0 Å². The second-order valence-corrected chi connectivity index (χ2v) is 6.56. The van der Waals surface area contributed by atoms with Crippen molar-refractivity contribution in [2.45, 2.75) is 39.2 Å². The number of carbonyl (C=O) groups excluding carboxylic acids is 3. The first-order valence-electron chi connectivity index (χ1n) is 9.06. The lowest BCUT2D eigenvalue weighted by Gasteiger charge is -2.39. The first-order chi connectivity index (χ1) is 12.1. The standard InChI is InChI=1S/C19H25N3O3/c1-3-20(4-2)18(24)16-11-7-8-12-21(16)13-22-15-10-6-5-9-14(15)17(23)19(22)25/h5-6,9-10,16H,3-4,7-8,11-13H2,1-2H3. The number of Topliss-reactive ketones (excluding diaryl/α,β-unsaturated/α-hetero) is 1. The van der Waals surface area contributed by atoms with Crippen molar-refractivity contribution < 1.29 is 14.4 Å². The zero-order valence-electron chi connectivity index (χ0n) is 14.9. The zero-order valence-corrected chi connectivity index (χ0v) is 14.9.